The van der Waals surface area contributed by atoms with E-state index in [2.05, 4.69) is 10.3 Å². The minimum atomic E-state index is 0.475. The van der Waals surface area contributed by atoms with Crippen LogP contribution in [-0.2, 0) is 0 Å². The average molecular weight is 304 g/mol. The van der Waals surface area contributed by atoms with Crippen LogP contribution in [0.25, 0.3) is 10.8 Å². The second kappa shape index (κ2) is 5.19. The summed E-state index contributed by atoms with van der Waals surface area (Å²) in [4.78, 5) is 4.08. The van der Waals surface area contributed by atoms with Gasteiger partial charge in [0.15, 0.2) is 0 Å². The van der Waals surface area contributed by atoms with Gasteiger partial charge in [-0.2, -0.15) is 0 Å². The molecule has 0 aliphatic carbocycles. The fourth-order valence-electron chi connectivity index (χ4n) is 2.05. The van der Waals surface area contributed by atoms with Crippen LogP contribution >= 0.6 is 23.2 Å². The Labute approximate surface area is 126 Å². The third-order valence-electron chi connectivity index (χ3n) is 3.08. The van der Waals surface area contributed by atoms with E-state index in [0.717, 1.165) is 22.1 Å². The summed E-state index contributed by atoms with van der Waals surface area (Å²) in [6.45, 7) is 0. The number of benzene rings is 2. The molecule has 0 spiro atoms. The third kappa shape index (κ3) is 2.26. The number of nitrogens with zero attached hydrogens (tertiary/aromatic N) is 1. The lowest BCUT2D eigenvalue weighted by Crippen LogP contribution is -1.98. The SMILES string of the molecule is Nc1c(Nc2cccc(Cl)c2Cl)ccc2cnccc12. The van der Waals surface area contributed by atoms with Crippen LogP contribution in [0.2, 0.25) is 10.0 Å². The zero-order valence-corrected chi connectivity index (χ0v) is 11.9. The van der Waals surface area contributed by atoms with Crippen LogP contribution in [0.3, 0.4) is 0 Å². The molecule has 100 valence electrons. The van der Waals surface area contributed by atoms with Crippen molar-refractivity contribution in [1.82, 2.24) is 4.98 Å². The second-order valence-electron chi connectivity index (χ2n) is 4.35. The quantitative estimate of drug-likeness (QED) is 0.664. The van der Waals surface area contributed by atoms with Crippen molar-refractivity contribution in [2.45, 2.75) is 0 Å². The number of aromatic nitrogens is 1. The maximum absolute atomic E-state index is 6.19. The zero-order chi connectivity index (χ0) is 14.1. The fraction of sp³-hybridized carbons (Fsp3) is 0. The van der Waals surface area contributed by atoms with E-state index in [1.165, 1.54) is 0 Å². The predicted molar refractivity (Wildman–Crippen MR) is 85.9 cm³/mol. The van der Waals surface area contributed by atoms with Crippen LogP contribution in [0.15, 0.2) is 48.8 Å². The molecule has 3 N–H and O–H groups in total. The van der Waals surface area contributed by atoms with E-state index in [-0.39, 0.29) is 0 Å². The Bertz CT molecular complexity index is 787. The maximum Gasteiger partial charge on any atom is 0.0827 e. The summed E-state index contributed by atoms with van der Waals surface area (Å²) < 4.78 is 0. The number of hydrogen-bond acceptors (Lipinski definition) is 3. The molecule has 1 aromatic heterocycles. The molecule has 0 fully saturated rings. The standard InChI is InChI=1S/C15H11Cl2N3/c16-11-2-1-3-12(14(11)17)20-13-5-4-9-8-19-7-6-10(9)15(13)18/h1-8,20H,18H2. The highest BCUT2D eigenvalue weighted by Crippen LogP contribution is 2.35. The number of nitrogens with two attached hydrogens (primary N) is 1. The molecular weight excluding hydrogens is 293 g/mol. The van der Waals surface area contributed by atoms with Crippen LogP contribution in [-0.4, -0.2) is 4.98 Å². The van der Waals surface area contributed by atoms with E-state index in [1.807, 2.05) is 30.3 Å². The first-order valence-electron chi connectivity index (χ1n) is 6.00. The molecule has 0 unspecified atom stereocenters. The molecule has 0 aliphatic rings. The van der Waals surface area contributed by atoms with Gasteiger partial charge in [0.2, 0.25) is 0 Å². The Morgan fingerprint density at radius 3 is 2.70 bits per heavy atom. The van der Waals surface area contributed by atoms with Crippen LogP contribution in [0.5, 0.6) is 0 Å². The zero-order valence-electron chi connectivity index (χ0n) is 10.4. The maximum atomic E-state index is 6.19. The fourth-order valence-corrected chi connectivity index (χ4v) is 2.39. The van der Waals surface area contributed by atoms with Gasteiger partial charge in [-0.15, -0.1) is 0 Å². The summed E-state index contributed by atoms with van der Waals surface area (Å²) in [6.07, 6.45) is 3.50. The van der Waals surface area contributed by atoms with E-state index in [1.54, 1.807) is 18.5 Å². The Hall–Kier alpha value is -1.97. The highest BCUT2D eigenvalue weighted by atomic mass is 35.5. The van der Waals surface area contributed by atoms with Crippen LogP contribution in [0.1, 0.15) is 0 Å². The van der Waals surface area contributed by atoms with Crippen molar-refractivity contribution in [3.63, 3.8) is 0 Å². The highest BCUT2D eigenvalue weighted by Gasteiger charge is 2.08. The number of rotatable bonds is 2. The number of pyridine rings is 1. The molecule has 0 radical (unpaired) electrons. The molecule has 0 aliphatic heterocycles. The van der Waals surface area contributed by atoms with Gasteiger partial charge in [-0.1, -0.05) is 35.3 Å². The van der Waals surface area contributed by atoms with Gasteiger partial charge in [-0.25, -0.2) is 0 Å². The molecule has 3 aromatic rings. The Morgan fingerprint density at radius 1 is 1.00 bits per heavy atom. The van der Waals surface area contributed by atoms with Gasteiger partial charge in [-0.3, -0.25) is 4.98 Å². The Kier molecular flexibility index (Phi) is 3.38. The van der Waals surface area contributed by atoms with Crippen LogP contribution in [0, 0.1) is 0 Å². The van der Waals surface area contributed by atoms with Gasteiger partial charge < -0.3 is 11.1 Å². The van der Waals surface area contributed by atoms with Crippen LogP contribution < -0.4 is 11.1 Å². The van der Waals surface area contributed by atoms with E-state index >= 15 is 0 Å². The Morgan fingerprint density at radius 2 is 1.85 bits per heavy atom. The van der Waals surface area contributed by atoms with E-state index in [9.17, 15) is 0 Å². The molecule has 0 atom stereocenters. The molecule has 20 heavy (non-hydrogen) atoms. The molecule has 2 aromatic carbocycles. The summed E-state index contributed by atoms with van der Waals surface area (Å²) in [5, 5.41) is 6.13. The predicted octanol–water partition coefficient (Wildman–Crippen LogP) is 4.87. The summed E-state index contributed by atoms with van der Waals surface area (Å²) in [7, 11) is 0. The minimum absolute atomic E-state index is 0.475. The smallest absolute Gasteiger partial charge is 0.0827 e. The number of nitrogens with one attached hydrogen (secondary N) is 1. The lowest BCUT2D eigenvalue weighted by Gasteiger charge is -2.13. The average Bonchev–Trinajstić information content (AvgIpc) is 2.47. The first-order valence-corrected chi connectivity index (χ1v) is 6.75. The van der Waals surface area contributed by atoms with E-state index in [0.29, 0.717) is 15.7 Å². The number of fused-ring (bicyclic) bond motifs is 1. The molecule has 1 heterocycles. The Balaban J connectivity index is 2.07. The largest absolute Gasteiger partial charge is 0.397 e. The van der Waals surface area contributed by atoms with Crippen LogP contribution in [0.4, 0.5) is 17.1 Å². The monoisotopic (exact) mass is 303 g/mol. The van der Waals surface area contributed by atoms with Crippen molar-refractivity contribution in [3.8, 4) is 0 Å². The molecule has 0 saturated heterocycles. The number of nitrogen functional groups attached to an aromatic ring is 1. The van der Waals surface area contributed by atoms with E-state index in [4.69, 9.17) is 28.9 Å². The molecule has 5 heteroatoms. The van der Waals surface area contributed by atoms with Gasteiger partial charge in [0.1, 0.15) is 0 Å². The summed E-state index contributed by atoms with van der Waals surface area (Å²) in [6, 6.07) is 11.2. The summed E-state index contributed by atoms with van der Waals surface area (Å²) in [5.41, 5.74) is 8.35. The van der Waals surface area contributed by atoms with Crippen molar-refractivity contribution < 1.29 is 0 Å². The number of anilines is 3. The second-order valence-corrected chi connectivity index (χ2v) is 5.14. The van der Waals surface area contributed by atoms with Gasteiger partial charge in [0.25, 0.3) is 0 Å². The molecule has 0 saturated carbocycles. The van der Waals surface area contributed by atoms with Crippen molar-refractivity contribution in [2.24, 2.45) is 0 Å². The molecular formula is C15H11Cl2N3. The molecule has 0 amide bonds. The normalized spacial score (nSPS) is 10.7. The van der Waals surface area contributed by atoms with E-state index < -0.39 is 0 Å². The minimum Gasteiger partial charge on any atom is -0.397 e. The first-order chi connectivity index (χ1) is 9.66. The van der Waals surface area contributed by atoms with Crippen molar-refractivity contribution in [3.05, 3.63) is 58.8 Å². The molecule has 0 bridgehead atoms. The van der Waals surface area contributed by atoms with Crippen molar-refractivity contribution >= 4 is 51.0 Å². The lowest BCUT2D eigenvalue weighted by molar-refractivity contribution is 1.36. The van der Waals surface area contributed by atoms with Crippen molar-refractivity contribution in [2.75, 3.05) is 11.1 Å². The van der Waals surface area contributed by atoms with Crippen molar-refractivity contribution in [1.29, 1.82) is 0 Å². The molecule has 3 rings (SSSR count). The highest BCUT2D eigenvalue weighted by molar-refractivity contribution is 6.43. The first kappa shape index (κ1) is 13.0. The number of halogens is 2. The molecule has 3 nitrogen and oxygen atoms in total. The number of hydrogen-bond donors (Lipinski definition) is 2. The summed E-state index contributed by atoms with van der Waals surface area (Å²) >= 11 is 12.2. The van der Waals surface area contributed by atoms with Gasteiger partial charge in [0, 0.05) is 23.2 Å². The topological polar surface area (TPSA) is 50.9 Å². The van der Waals surface area contributed by atoms with Gasteiger partial charge in [-0.05, 0) is 24.3 Å². The lowest BCUT2D eigenvalue weighted by atomic mass is 10.1. The summed E-state index contributed by atoms with van der Waals surface area (Å²) in [5.74, 6) is 0. The third-order valence-corrected chi connectivity index (χ3v) is 3.90. The van der Waals surface area contributed by atoms with Gasteiger partial charge >= 0.3 is 0 Å². The van der Waals surface area contributed by atoms with Gasteiger partial charge in [0.05, 0.1) is 27.1 Å².